The maximum Gasteiger partial charge on any atom is 0.407 e. The quantitative estimate of drug-likeness (QED) is 0.560. The smallest absolute Gasteiger partial charge is 0.407 e. The summed E-state index contributed by atoms with van der Waals surface area (Å²) >= 11 is 0. The molecule has 0 fully saturated rings. The van der Waals surface area contributed by atoms with E-state index in [1.165, 1.54) is 0 Å². The predicted octanol–water partition coefficient (Wildman–Crippen LogP) is 3.48. The van der Waals surface area contributed by atoms with Crippen LogP contribution in [0.5, 0.6) is 0 Å². The molecule has 0 aliphatic heterocycles. The number of rotatable bonds is 9. The first-order valence-corrected chi connectivity index (χ1v) is 7.63. The second kappa shape index (κ2) is 10.2. The molecule has 0 aliphatic rings. The molecule has 0 saturated carbocycles. The van der Waals surface area contributed by atoms with E-state index in [-0.39, 0.29) is 12.9 Å². The lowest BCUT2D eigenvalue weighted by Crippen LogP contribution is -2.33. The molecule has 0 aromatic heterocycles. The lowest BCUT2D eigenvalue weighted by atomic mass is 10.2. The molecule has 0 atom stereocenters. The zero-order chi connectivity index (χ0) is 16.3. The highest BCUT2D eigenvalue weighted by molar-refractivity contribution is 5.67. The minimum atomic E-state index is -0.455. The van der Waals surface area contributed by atoms with Crippen LogP contribution in [0.3, 0.4) is 0 Å². The van der Waals surface area contributed by atoms with Gasteiger partial charge in [-0.15, -0.1) is 0 Å². The topological polar surface area (TPSA) is 56.8 Å². The van der Waals surface area contributed by atoms with Crippen LogP contribution in [0.25, 0.3) is 0 Å². The van der Waals surface area contributed by atoms with Crippen LogP contribution in [0.15, 0.2) is 30.3 Å². The first kappa shape index (κ1) is 18.5. The fraction of sp³-hybridized carbons (Fsp3) is 0.588. The Morgan fingerprint density at radius 1 is 1.09 bits per heavy atom. The van der Waals surface area contributed by atoms with Crippen molar-refractivity contribution < 1.29 is 19.0 Å². The Balaban J connectivity index is 1.89. The Labute approximate surface area is 132 Å². The van der Waals surface area contributed by atoms with Gasteiger partial charge in [-0.05, 0) is 39.2 Å². The van der Waals surface area contributed by atoms with Gasteiger partial charge in [-0.3, -0.25) is 0 Å². The number of hydrogen-bond acceptors (Lipinski definition) is 4. The van der Waals surface area contributed by atoms with Gasteiger partial charge in [0.05, 0.1) is 6.61 Å². The van der Waals surface area contributed by atoms with Gasteiger partial charge in [-0.1, -0.05) is 30.3 Å². The molecule has 0 spiro atoms. The molecule has 0 heterocycles. The van der Waals surface area contributed by atoms with E-state index in [0.29, 0.717) is 19.8 Å². The van der Waals surface area contributed by atoms with Crippen molar-refractivity contribution >= 4 is 6.09 Å². The molecular formula is C17H27NO4. The molecule has 0 aliphatic carbocycles. The van der Waals surface area contributed by atoms with Crippen molar-refractivity contribution in [3.05, 3.63) is 35.9 Å². The number of unbranched alkanes of at least 4 members (excludes halogenated alkanes) is 1. The predicted molar refractivity (Wildman–Crippen MR) is 85.5 cm³/mol. The lowest BCUT2D eigenvalue weighted by Gasteiger charge is -2.19. The van der Waals surface area contributed by atoms with E-state index in [4.69, 9.17) is 14.2 Å². The highest BCUT2D eigenvalue weighted by Gasteiger charge is 2.15. The van der Waals surface area contributed by atoms with Crippen LogP contribution in [-0.4, -0.2) is 31.6 Å². The Bertz CT molecular complexity index is 414. The normalized spacial score (nSPS) is 11.2. The number of benzene rings is 1. The van der Waals surface area contributed by atoms with Gasteiger partial charge in [-0.25, -0.2) is 4.79 Å². The zero-order valence-electron chi connectivity index (χ0n) is 13.8. The molecule has 124 valence electrons. The standard InChI is InChI=1S/C17H27NO4/c1-17(2,3)22-16(19)18-11-7-8-12-20-14-21-13-15-9-5-4-6-10-15/h4-6,9-10H,7-8,11-14H2,1-3H3,(H,18,19). The number of carbonyl (C=O) groups is 1. The van der Waals surface area contributed by atoms with Crippen LogP contribution in [-0.2, 0) is 20.8 Å². The second-order valence-corrected chi connectivity index (χ2v) is 6.00. The van der Waals surface area contributed by atoms with Gasteiger partial charge in [0.25, 0.3) is 0 Å². The van der Waals surface area contributed by atoms with Crippen molar-refractivity contribution in [3.8, 4) is 0 Å². The van der Waals surface area contributed by atoms with Gasteiger partial charge < -0.3 is 19.5 Å². The van der Waals surface area contributed by atoms with Gasteiger partial charge in [0.1, 0.15) is 12.4 Å². The second-order valence-electron chi connectivity index (χ2n) is 6.00. The largest absolute Gasteiger partial charge is 0.444 e. The van der Waals surface area contributed by atoms with Crippen molar-refractivity contribution in [1.82, 2.24) is 5.32 Å². The Kier molecular flexibility index (Phi) is 8.55. The summed E-state index contributed by atoms with van der Waals surface area (Å²) in [4.78, 5) is 11.4. The number of ether oxygens (including phenoxy) is 3. The third kappa shape index (κ3) is 10.2. The summed E-state index contributed by atoms with van der Waals surface area (Å²) in [6, 6.07) is 9.98. The molecule has 0 radical (unpaired) electrons. The Morgan fingerprint density at radius 2 is 1.82 bits per heavy atom. The summed E-state index contributed by atoms with van der Waals surface area (Å²) in [7, 11) is 0. The number of hydrogen-bond donors (Lipinski definition) is 1. The maximum atomic E-state index is 11.4. The number of amides is 1. The molecule has 1 N–H and O–H groups in total. The highest BCUT2D eigenvalue weighted by atomic mass is 16.7. The maximum absolute atomic E-state index is 11.4. The van der Waals surface area contributed by atoms with E-state index in [1.807, 2.05) is 51.1 Å². The fourth-order valence-corrected chi connectivity index (χ4v) is 1.69. The lowest BCUT2D eigenvalue weighted by molar-refractivity contribution is -0.0622. The van der Waals surface area contributed by atoms with Gasteiger partial charge in [0, 0.05) is 13.2 Å². The van der Waals surface area contributed by atoms with E-state index in [1.54, 1.807) is 0 Å². The first-order chi connectivity index (χ1) is 10.5. The minimum absolute atomic E-state index is 0.286. The molecule has 0 saturated heterocycles. The van der Waals surface area contributed by atoms with Crippen LogP contribution in [0.1, 0.15) is 39.2 Å². The molecule has 1 amide bonds. The van der Waals surface area contributed by atoms with Crippen molar-refractivity contribution in [2.75, 3.05) is 19.9 Å². The molecular weight excluding hydrogens is 282 g/mol. The van der Waals surface area contributed by atoms with Crippen molar-refractivity contribution in [2.24, 2.45) is 0 Å². The first-order valence-electron chi connectivity index (χ1n) is 7.63. The summed E-state index contributed by atoms with van der Waals surface area (Å²) in [5, 5.41) is 2.71. The van der Waals surface area contributed by atoms with Gasteiger partial charge in [0.2, 0.25) is 0 Å². The minimum Gasteiger partial charge on any atom is -0.444 e. The molecule has 1 aromatic rings. The van der Waals surface area contributed by atoms with E-state index >= 15 is 0 Å². The highest BCUT2D eigenvalue weighted by Crippen LogP contribution is 2.06. The summed E-state index contributed by atoms with van der Waals surface area (Å²) in [6.07, 6.45) is 1.34. The number of nitrogens with one attached hydrogen (secondary N) is 1. The van der Waals surface area contributed by atoms with Crippen LogP contribution >= 0.6 is 0 Å². The number of carbonyl (C=O) groups excluding carboxylic acids is 1. The van der Waals surface area contributed by atoms with Gasteiger partial charge in [0.15, 0.2) is 0 Å². The molecule has 1 aromatic carbocycles. The van der Waals surface area contributed by atoms with E-state index in [9.17, 15) is 4.79 Å². The van der Waals surface area contributed by atoms with Crippen LogP contribution in [0.4, 0.5) is 4.79 Å². The summed E-state index contributed by atoms with van der Waals surface area (Å²) in [6.45, 7) is 7.57. The van der Waals surface area contributed by atoms with E-state index in [2.05, 4.69) is 5.32 Å². The average molecular weight is 309 g/mol. The van der Waals surface area contributed by atoms with Crippen molar-refractivity contribution in [3.63, 3.8) is 0 Å². The van der Waals surface area contributed by atoms with Crippen LogP contribution in [0.2, 0.25) is 0 Å². The van der Waals surface area contributed by atoms with E-state index < -0.39 is 5.60 Å². The van der Waals surface area contributed by atoms with Crippen LogP contribution in [0, 0.1) is 0 Å². The monoisotopic (exact) mass is 309 g/mol. The molecule has 1 rings (SSSR count). The summed E-state index contributed by atoms with van der Waals surface area (Å²) in [5.74, 6) is 0. The molecule has 5 heteroatoms. The average Bonchev–Trinajstić information content (AvgIpc) is 2.44. The fourth-order valence-electron chi connectivity index (χ4n) is 1.69. The van der Waals surface area contributed by atoms with Crippen molar-refractivity contribution in [1.29, 1.82) is 0 Å². The Hall–Kier alpha value is -1.59. The third-order valence-corrected chi connectivity index (χ3v) is 2.66. The SMILES string of the molecule is CC(C)(C)OC(=O)NCCCCOCOCc1ccccc1. The molecule has 0 unspecified atom stereocenters. The summed E-state index contributed by atoms with van der Waals surface area (Å²) in [5.41, 5.74) is 0.677. The third-order valence-electron chi connectivity index (χ3n) is 2.66. The summed E-state index contributed by atoms with van der Waals surface area (Å²) < 4.78 is 15.9. The zero-order valence-corrected chi connectivity index (χ0v) is 13.8. The van der Waals surface area contributed by atoms with Crippen molar-refractivity contribution in [2.45, 2.75) is 45.8 Å². The Morgan fingerprint density at radius 3 is 2.50 bits per heavy atom. The molecule has 22 heavy (non-hydrogen) atoms. The molecule has 0 bridgehead atoms. The number of alkyl carbamates (subject to hydrolysis) is 1. The van der Waals surface area contributed by atoms with Gasteiger partial charge in [-0.2, -0.15) is 0 Å². The molecule has 5 nitrogen and oxygen atoms in total. The van der Waals surface area contributed by atoms with Gasteiger partial charge >= 0.3 is 6.09 Å². The van der Waals surface area contributed by atoms with E-state index in [0.717, 1.165) is 18.4 Å². The van der Waals surface area contributed by atoms with Crippen LogP contribution < -0.4 is 5.32 Å².